The van der Waals surface area contributed by atoms with Gasteiger partial charge in [0.05, 0.1) is 18.2 Å². The standard InChI is InChI=1S/C14H19FO4S/c1-12-2-4-13(5-3-12)20(16,17)19-11-14(10-15)6-8-18-9-7-14/h2-5H,6-11H2,1H3. The van der Waals surface area contributed by atoms with E-state index in [0.29, 0.717) is 26.1 Å². The molecule has 2 rings (SSSR count). The lowest BCUT2D eigenvalue weighted by Crippen LogP contribution is -2.36. The van der Waals surface area contributed by atoms with Gasteiger partial charge in [-0.15, -0.1) is 0 Å². The van der Waals surface area contributed by atoms with E-state index in [2.05, 4.69) is 0 Å². The second-order valence-corrected chi connectivity index (χ2v) is 6.89. The Kier molecular flexibility index (Phi) is 4.78. The van der Waals surface area contributed by atoms with Crippen molar-refractivity contribution in [3.8, 4) is 0 Å². The first-order chi connectivity index (χ1) is 9.47. The van der Waals surface area contributed by atoms with E-state index < -0.39 is 22.2 Å². The minimum absolute atomic E-state index is 0.101. The molecule has 1 saturated heterocycles. The summed E-state index contributed by atoms with van der Waals surface area (Å²) < 4.78 is 47.6. The number of halogens is 1. The molecule has 1 aliphatic heterocycles. The third kappa shape index (κ3) is 3.56. The zero-order valence-electron chi connectivity index (χ0n) is 11.5. The molecule has 1 fully saturated rings. The van der Waals surface area contributed by atoms with Gasteiger partial charge in [0, 0.05) is 18.6 Å². The van der Waals surface area contributed by atoms with E-state index >= 15 is 0 Å². The van der Waals surface area contributed by atoms with Gasteiger partial charge in [-0.3, -0.25) is 8.57 Å². The lowest BCUT2D eigenvalue weighted by molar-refractivity contribution is -0.0213. The molecular formula is C14H19FO4S. The number of hydrogen-bond acceptors (Lipinski definition) is 4. The highest BCUT2D eigenvalue weighted by Gasteiger charge is 2.35. The van der Waals surface area contributed by atoms with E-state index in [0.717, 1.165) is 5.56 Å². The molecule has 0 atom stereocenters. The van der Waals surface area contributed by atoms with Crippen LogP contribution in [-0.4, -0.2) is 34.9 Å². The number of benzene rings is 1. The van der Waals surface area contributed by atoms with Crippen LogP contribution < -0.4 is 0 Å². The molecule has 0 unspecified atom stereocenters. The van der Waals surface area contributed by atoms with Crippen LogP contribution in [0.4, 0.5) is 4.39 Å². The Hall–Kier alpha value is -0.980. The molecule has 0 saturated carbocycles. The zero-order valence-corrected chi connectivity index (χ0v) is 12.3. The maximum Gasteiger partial charge on any atom is 0.296 e. The molecule has 112 valence electrons. The van der Waals surface area contributed by atoms with Crippen LogP contribution in [0, 0.1) is 12.3 Å². The Morgan fingerprint density at radius 3 is 2.40 bits per heavy atom. The molecule has 4 nitrogen and oxygen atoms in total. The number of aryl methyl sites for hydroxylation is 1. The summed E-state index contributed by atoms with van der Waals surface area (Å²) in [5.41, 5.74) is 0.226. The van der Waals surface area contributed by atoms with Gasteiger partial charge in [0.2, 0.25) is 0 Å². The number of ether oxygens (including phenoxy) is 1. The summed E-state index contributed by atoms with van der Waals surface area (Å²) in [4.78, 5) is 0.101. The lowest BCUT2D eigenvalue weighted by atomic mass is 9.83. The number of rotatable bonds is 5. The average molecular weight is 302 g/mol. The van der Waals surface area contributed by atoms with E-state index in [1.807, 2.05) is 6.92 Å². The van der Waals surface area contributed by atoms with E-state index in [1.54, 1.807) is 12.1 Å². The zero-order chi connectivity index (χ0) is 14.6. The Balaban J connectivity index is 2.06. The molecule has 20 heavy (non-hydrogen) atoms. The molecule has 0 spiro atoms. The first-order valence-corrected chi connectivity index (χ1v) is 7.98. The summed E-state index contributed by atoms with van der Waals surface area (Å²) in [5.74, 6) is 0. The molecule has 1 aromatic rings. The van der Waals surface area contributed by atoms with Crippen LogP contribution in [0.25, 0.3) is 0 Å². The topological polar surface area (TPSA) is 52.6 Å². The number of alkyl halides is 1. The fourth-order valence-electron chi connectivity index (χ4n) is 2.10. The summed E-state index contributed by atoms with van der Waals surface area (Å²) in [6.45, 7) is 2.02. The molecular weight excluding hydrogens is 283 g/mol. The first-order valence-electron chi connectivity index (χ1n) is 6.57. The normalized spacial score (nSPS) is 18.9. The third-order valence-electron chi connectivity index (χ3n) is 3.67. The highest BCUT2D eigenvalue weighted by atomic mass is 32.2. The van der Waals surface area contributed by atoms with Gasteiger partial charge < -0.3 is 4.74 Å². The van der Waals surface area contributed by atoms with Gasteiger partial charge >= 0.3 is 0 Å². The Morgan fingerprint density at radius 1 is 1.25 bits per heavy atom. The number of hydrogen-bond donors (Lipinski definition) is 0. The molecule has 0 aromatic heterocycles. The molecule has 1 aromatic carbocycles. The monoisotopic (exact) mass is 302 g/mol. The molecule has 0 amide bonds. The van der Waals surface area contributed by atoms with Gasteiger partial charge in [0.15, 0.2) is 0 Å². The van der Waals surface area contributed by atoms with Crippen LogP contribution in [-0.2, 0) is 19.0 Å². The third-order valence-corrected chi connectivity index (χ3v) is 4.94. The van der Waals surface area contributed by atoms with Crippen molar-refractivity contribution in [3.63, 3.8) is 0 Å². The van der Waals surface area contributed by atoms with Crippen LogP contribution in [0.1, 0.15) is 18.4 Å². The highest BCUT2D eigenvalue weighted by molar-refractivity contribution is 7.86. The minimum Gasteiger partial charge on any atom is -0.381 e. The van der Waals surface area contributed by atoms with Gasteiger partial charge in [-0.2, -0.15) is 8.42 Å². The molecule has 1 aliphatic rings. The van der Waals surface area contributed by atoms with Crippen molar-refractivity contribution in [2.24, 2.45) is 5.41 Å². The second kappa shape index (κ2) is 6.20. The van der Waals surface area contributed by atoms with Gasteiger partial charge in [-0.1, -0.05) is 17.7 Å². The molecule has 1 heterocycles. The Bertz CT molecular complexity index is 533. The van der Waals surface area contributed by atoms with Gasteiger partial charge in [-0.05, 0) is 31.9 Å². The van der Waals surface area contributed by atoms with Crippen LogP contribution in [0.5, 0.6) is 0 Å². The van der Waals surface area contributed by atoms with Crippen LogP contribution >= 0.6 is 0 Å². The SMILES string of the molecule is Cc1ccc(S(=O)(=O)OCC2(CF)CCOCC2)cc1. The van der Waals surface area contributed by atoms with Gasteiger partial charge in [-0.25, -0.2) is 0 Å². The van der Waals surface area contributed by atoms with Crippen molar-refractivity contribution >= 4 is 10.1 Å². The maximum absolute atomic E-state index is 13.2. The van der Waals surface area contributed by atoms with E-state index in [-0.39, 0.29) is 11.5 Å². The predicted octanol–water partition coefficient (Wildman–Crippen LogP) is 2.47. The summed E-state index contributed by atoms with van der Waals surface area (Å²) in [6.07, 6.45) is 0.958. The first kappa shape index (κ1) is 15.4. The van der Waals surface area contributed by atoms with Gasteiger partial charge in [0.25, 0.3) is 10.1 Å². The Morgan fingerprint density at radius 2 is 1.85 bits per heavy atom. The molecule has 0 radical (unpaired) electrons. The van der Waals surface area contributed by atoms with Crippen molar-refractivity contribution in [1.29, 1.82) is 0 Å². The van der Waals surface area contributed by atoms with E-state index in [9.17, 15) is 12.8 Å². The average Bonchev–Trinajstić information content (AvgIpc) is 2.47. The smallest absolute Gasteiger partial charge is 0.296 e. The summed E-state index contributed by atoms with van der Waals surface area (Å²) in [5, 5.41) is 0. The minimum atomic E-state index is -3.83. The highest BCUT2D eigenvalue weighted by Crippen LogP contribution is 2.32. The predicted molar refractivity (Wildman–Crippen MR) is 72.8 cm³/mol. The quantitative estimate of drug-likeness (QED) is 0.784. The maximum atomic E-state index is 13.2. The summed E-state index contributed by atoms with van der Waals surface area (Å²) >= 11 is 0. The molecule has 6 heteroatoms. The van der Waals surface area contributed by atoms with Crippen LogP contribution in [0.3, 0.4) is 0 Å². The van der Waals surface area contributed by atoms with Crippen molar-refractivity contribution < 1.29 is 21.7 Å². The second-order valence-electron chi connectivity index (χ2n) is 5.28. The van der Waals surface area contributed by atoms with Crippen LogP contribution in [0.2, 0.25) is 0 Å². The molecule has 0 N–H and O–H groups in total. The molecule has 0 aliphatic carbocycles. The fraction of sp³-hybridized carbons (Fsp3) is 0.571. The summed E-state index contributed by atoms with van der Waals surface area (Å²) in [7, 11) is -3.83. The molecule has 0 bridgehead atoms. The Labute approximate surface area is 119 Å². The van der Waals surface area contributed by atoms with E-state index in [1.165, 1.54) is 12.1 Å². The fourth-order valence-corrected chi connectivity index (χ4v) is 3.11. The van der Waals surface area contributed by atoms with Crippen molar-refractivity contribution in [2.75, 3.05) is 26.5 Å². The summed E-state index contributed by atoms with van der Waals surface area (Å²) in [6, 6.07) is 6.40. The van der Waals surface area contributed by atoms with Crippen molar-refractivity contribution in [2.45, 2.75) is 24.7 Å². The van der Waals surface area contributed by atoms with Crippen molar-refractivity contribution in [1.82, 2.24) is 0 Å². The van der Waals surface area contributed by atoms with Crippen LogP contribution in [0.15, 0.2) is 29.2 Å². The van der Waals surface area contributed by atoms with E-state index in [4.69, 9.17) is 8.92 Å². The largest absolute Gasteiger partial charge is 0.381 e. The van der Waals surface area contributed by atoms with Gasteiger partial charge in [0.1, 0.15) is 0 Å². The van der Waals surface area contributed by atoms with Crippen molar-refractivity contribution in [3.05, 3.63) is 29.8 Å². The lowest BCUT2D eigenvalue weighted by Gasteiger charge is -2.33.